The van der Waals surface area contributed by atoms with Gasteiger partial charge in [0.2, 0.25) is 0 Å². The summed E-state index contributed by atoms with van der Waals surface area (Å²) in [6.07, 6.45) is 2.01. The normalized spacial score (nSPS) is 11.6. The van der Waals surface area contributed by atoms with E-state index in [1.54, 1.807) is 0 Å². The number of para-hydroxylation sites is 2. The zero-order chi connectivity index (χ0) is 14.2. The summed E-state index contributed by atoms with van der Waals surface area (Å²) >= 11 is 5.46. The van der Waals surface area contributed by atoms with Gasteiger partial charge in [0.05, 0.1) is 11.4 Å². The highest BCUT2D eigenvalue weighted by atomic mass is 32.1. The predicted molar refractivity (Wildman–Crippen MR) is 84.0 cm³/mol. The first-order chi connectivity index (χ1) is 8.82. The van der Waals surface area contributed by atoms with E-state index in [0.717, 1.165) is 16.1 Å². The van der Waals surface area contributed by atoms with Crippen LogP contribution in [-0.2, 0) is 5.41 Å². The van der Waals surface area contributed by atoms with Crippen molar-refractivity contribution in [1.82, 2.24) is 9.55 Å². The van der Waals surface area contributed by atoms with Gasteiger partial charge in [-0.25, -0.2) is 0 Å². The minimum Gasteiger partial charge on any atom is -0.376 e. The molecule has 0 saturated carbocycles. The summed E-state index contributed by atoms with van der Waals surface area (Å²) in [5.41, 5.74) is 3.49. The summed E-state index contributed by atoms with van der Waals surface area (Å²) in [6, 6.07) is 8.31. The molecule has 2 aromatic rings. The Hall–Kier alpha value is -1.55. The van der Waals surface area contributed by atoms with Gasteiger partial charge in [0.25, 0.3) is 0 Å². The van der Waals surface area contributed by atoms with E-state index in [2.05, 4.69) is 47.4 Å². The van der Waals surface area contributed by atoms with Crippen molar-refractivity contribution in [2.24, 2.45) is 0 Å². The first-order valence-corrected chi connectivity index (χ1v) is 6.81. The molecule has 2 rings (SSSR count). The quantitative estimate of drug-likeness (QED) is 0.841. The van der Waals surface area contributed by atoms with Crippen LogP contribution in [0.25, 0.3) is 5.69 Å². The number of aromatic nitrogens is 2. The molecular formula is C15H21N3S. The van der Waals surface area contributed by atoms with Gasteiger partial charge < -0.3 is 9.88 Å². The molecule has 0 spiro atoms. The van der Waals surface area contributed by atoms with Gasteiger partial charge in [-0.05, 0) is 24.4 Å². The maximum absolute atomic E-state index is 5.46. The van der Waals surface area contributed by atoms with Crippen molar-refractivity contribution in [2.45, 2.75) is 26.2 Å². The molecule has 102 valence electrons. The van der Waals surface area contributed by atoms with E-state index < -0.39 is 0 Å². The molecule has 1 aromatic carbocycles. The minimum absolute atomic E-state index is 0.0347. The third-order valence-electron chi connectivity index (χ3n) is 3.15. The molecule has 0 radical (unpaired) electrons. The molecule has 0 fully saturated rings. The summed E-state index contributed by atoms with van der Waals surface area (Å²) in [5.74, 6) is 0. The fourth-order valence-corrected chi connectivity index (χ4v) is 2.45. The molecule has 0 atom stereocenters. The van der Waals surface area contributed by atoms with Crippen LogP contribution >= 0.6 is 12.2 Å². The number of H-pyrrole nitrogens is 1. The van der Waals surface area contributed by atoms with Crippen LogP contribution in [0.2, 0.25) is 0 Å². The molecule has 4 heteroatoms. The molecule has 0 aliphatic rings. The third-order valence-corrected chi connectivity index (χ3v) is 3.45. The second kappa shape index (κ2) is 4.85. The van der Waals surface area contributed by atoms with Crippen LogP contribution in [-0.4, -0.2) is 23.6 Å². The molecule has 1 heterocycles. The van der Waals surface area contributed by atoms with Gasteiger partial charge in [-0.3, -0.25) is 4.57 Å². The Morgan fingerprint density at radius 1 is 1.16 bits per heavy atom. The number of nitrogens with one attached hydrogen (secondary N) is 1. The summed E-state index contributed by atoms with van der Waals surface area (Å²) in [6.45, 7) is 6.58. The smallest absolute Gasteiger partial charge is 0.182 e. The van der Waals surface area contributed by atoms with Crippen molar-refractivity contribution in [2.75, 3.05) is 19.0 Å². The summed E-state index contributed by atoms with van der Waals surface area (Å²) < 4.78 is 2.87. The fraction of sp³-hybridized carbons (Fsp3) is 0.400. The summed E-state index contributed by atoms with van der Waals surface area (Å²) in [4.78, 5) is 5.28. The Balaban J connectivity index is 2.73. The summed E-state index contributed by atoms with van der Waals surface area (Å²) in [7, 11) is 4.09. The lowest BCUT2D eigenvalue weighted by Crippen LogP contribution is -2.19. The molecule has 0 aliphatic heterocycles. The molecule has 0 amide bonds. The number of rotatable bonds is 2. The number of hydrogen-bond acceptors (Lipinski definition) is 2. The molecule has 0 unspecified atom stereocenters. The van der Waals surface area contributed by atoms with Crippen LogP contribution < -0.4 is 4.90 Å². The predicted octanol–water partition coefficient (Wildman–Crippen LogP) is 3.90. The van der Waals surface area contributed by atoms with Gasteiger partial charge >= 0.3 is 0 Å². The lowest BCUT2D eigenvalue weighted by atomic mass is 9.92. The average Bonchev–Trinajstić information content (AvgIpc) is 2.70. The molecular weight excluding hydrogens is 254 g/mol. The van der Waals surface area contributed by atoms with Gasteiger partial charge in [-0.15, -0.1) is 0 Å². The Bertz CT molecular complexity index is 629. The number of aromatic amines is 1. The van der Waals surface area contributed by atoms with Gasteiger partial charge in [-0.1, -0.05) is 32.9 Å². The second-order valence-electron chi connectivity index (χ2n) is 5.95. The SMILES string of the molecule is CN(C)c1ccccc1-n1c(C(C)(C)C)c[nH]c1=S. The molecule has 0 bridgehead atoms. The highest BCUT2D eigenvalue weighted by Gasteiger charge is 2.21. The van der Waals surface area contributed by atoms with E-state index in [1.807, 2.05) is 32.4 Å². The maximum atomic E-state index is 5.46. The van der Waals surface area contributed by atoms with E-state index in [4.69, 9.17) is 12.2 Å². The Kier molecular flexibility index (Phi) is 3.54. The van der Waals surface area contributed by atoms with E-state index in [1.165, 1.54) is 5.69 Å². The highest BCUT2D eigenvalue weighted by molar-refractivity contribution is 7.71. The molecule has 0 aliphatic carbocycles. The fourth-order valence-electron chi connectivity index (χ4n) is 2.19. The zero-order valence-electron chi connectivity index (χ0n) is 12.2. The van der Waals surface area contributed by atoms with Crippen molar-refractivity contribution >= 4 is 17.9 Å². The van der Waals surface area contributed by atoms with Crippen molar-refractivity contribution in [3.05, 3.63) is 40.9 Å². The number of benzene rings is 1. The van der Waals surface area contributed by atoms with Crippen LogP contribution in [0.4, 0.5) is 5.69 Å². The number of nitrogens with zero attached hydrogens (tertiary/aromatic N) is 2. The monoisotopic (exact) mass is 275 g/mol. The Morgan fingerprint density at radius 3 is 2.37 bits per heavy atom. The topological polar surface area (TPSA) is 24.0 Å². The lowest BCUT2D eigenvalue weighted by molar-refractivity contribution is 0.556. The summed E-state index contributed by atoms with van der Waals surface area (Å²) in [5, 5.41) is 0. The molecule has 19 heavy (non-hydrogen) atoms. The first-order valence-electron chi connectivity index (χ1n) is 6.40. The number of hydrogen-bond donors (Lipinski definition) is 1. The number of anilines is 1. The minimum atomic E-state index is 0.0347. The van der Waals surface area contributed by atoms with Crippen LogP contribution in [0.3, 0.4) is 0 Å². The number of imidazole rings is 1. The lowest BCUT2D eigenvalue weighted by Gasteiger charge is -2.24. The van der Waals surface area contributed by atoms with Gasteiger partial charge in [-0.2, -0.15) is 0 Å². The van der Waals surface area contributed by atoms with Gasteiger partial charge in [0, 0.05) is 31.4 Å². The van der Waals surface area contributed by atoms with Gasteiger partial charge in [0.15, 0.2) is 4.77 Å². The molecule has 3 nitrogen and oxygen atoms in total. The maximum Gasteiger partial charge on any atom is 0.182 e. The van der Waals surface area contributed by atoms with E-state index in [0.29, 0.717) is 0 Å². The largest absolute Gasteiger partial charge is 0.376 e. The first kappa shape index (κ1) is 13.9. The van der Waals surface area contributed by atoms with E-state index in [9.17, 15) is 0 Å². The Morgan fingerprint density at radius 2 is 1.79 bits per heavy atom. The van der Waals surface area contributed by atoms with Crippen LogP contribution in [0.1, 0.15) is 26.5 Å². The third kappa shape index (κ3) is 2.59. The van der Waals surface area contributed by atoms with Gasteiger partial charge in [0.1, 0.15) is 0 Å². The van der Waals surface area contributed by atoms with Crippen LogP contribution in [0, 0.1) is 4.77 Å². The van der Waals surface area contributed by atoms with Crippen LogP contribution in [0.15, 0.2) is 30.5 Å². The van der Waals surface area contributed by atoms with Crippen LogP contribution in [0.5, 0.6) is 0 Å². The van der Waals surface area contributed by atoms with E-state index in [-0.39, 0.29) is 5.41 Å². The molecule has 1 N–H and O–H groups in total. The average molecular weight is 275 g/mol. The molecule has 1 aromatic heterocycles. The zero-order valence-corrected chi connectivity index (χ0v) is 13.0. The van der Waals surface area contributed by atoms with Crippen molar-refractivity contribution in [3.8, 4) is 5.69 Å². The standard InChI is InChI=1S/C15H21N3S/c1-15(2,3)13-10-16-14(19)18(13)12-9-7-6-8-11(12)17(4)5/h6-10H,1-5H3,(H,16,19). The molecule has 0 saturated heterocycles. The van der Waals surface area contributed by atoms with Crippen molar-refractivity contribution in [1.29, 1.82) is 0 Å². The van der Waals surface area contributed by atoms with Crippen molar-refractivity contribution < 1.29 is 0 Å². The highest BCUT2D eigenvalue weighted by Crippen LogP contribution is 2.29. The van der Waals surface area contributed by atoms with Crippen molar-refractivity contribution in [3.63, 3.8) is 0 Å². The second-order valence-corrected chi connectivity index (χ2v) is 6.33. The Labute approximate surface area is 119 Å². The van der Waals surface area contributed by atoms with E-state index >= 15 is 0 Å².